The van der Waals surface area contributed by atoms with Gasteiger partial charge in [-0.1, -0.05) is 0 Å². The van der Waals surface area contributed by atoms with Crippen LogP contribution in [0.1, 0.15) is 5.56 Å². The minimum absolute atomic E-state index is 0.0231. The minimum Gasteiger partial charge on any atom is -0.493 e. The Morgan fingerprint density at radius 1 is 1.56 bits per heavy atom. The van der Waals surface area contributed by atoms with Crippen LogP contribution in [0.15, 0.2) is 18.2 Å². The van der Waals surface area contributed by atoms with Gasteiger partial charge in [0.2, 0.25) is 5.91 Å². The third-order valence-corrected chi connectivity index (χ3v) is 3.56. The molecule has 1 heterocycles. The molecule has 0 bridgehead atoms. The molecule has 0 saturated carbocycles. The van der Waals surface area contributed by atoms with Crippen molar-refractivity contribution in [2.75, 3.05) is 37.1 Å². The number of anilines is 1. The normalized spacial score (nSPS) is 12.9. The fourth-order valence-corrected chi connectivity index (χ4v) is 2.45. The van der Waals surface area contributed by atoms with Gasteiger partial charge in [-0.15, -0.1) is 11.8 Å². The highest BCUT2D eigenvalue weighted by molar-refractivity contribution is 7.99. The molecule has 2 rings (SSSR count). The number of carbonyl (C=O) groups is 1. The maximum absolute atomic E-state index is 11.7. The van der Waals surface area contributed by atoms with E-state index in [4.69, 9.17) is 9.47 Å². The van der Waals surface area contributed by atoms with Crippen LogP contribution in [-0.2, 0) is 16.0 Å². The van der Waals surface area contributed by atoms with E-state index in [1.54, 1.807) is 18.9 Å². The summed E-state index contributed by atoms with van der Waals surface area (Å²) in [5, 5.41) is 2.89. The van der Waals surface area contributed by atoms with Crippen molar-refractivity contribution in [3.05, 3.63) is 23.8 Å². The van der Waals surface area contributed by atoms with Gasteiger partial charge < -0.3 is 14.8 Å². The molecule has 5 heteroatoms. The zero-order valence-electron chi connectivity index (χ0n) is 10.4. The summed E-state index contributed by atoms with van der Waals surface area (Å²) >= 11 is 1.57. The van der Waals surface area contributed by atoms with E-state index in [-0.39, 0.29) is 5.91 Å². The quantitative estimate of drug-likeness (QED) is 0.800. The van der Waals surface area contributed by atoms with Crippen LogP contribution < -0.4 is 10.1 Å². The lowest BCUT2D eigenvalue weighted by Gasteiger charge is -2.06. The first-order valence-corrected chi connectivity index (χ1v) is 7.07. The molecule has 0 aromatic heterocycles. The molecule has 1 N–H and O–H groups in total. The molecular weight excluding hydrogens is 250 g/mol. The Morgan fingerprint density at radius 2 is 2.44 bits per heavy atom. The minimum atomic E-state index is 0.0231. The van der Waals surface area contributed by atoms with Crippen LogP contribution in [0.25, 0.3) is 0 Å². The van der Waals surface area contributed by atoms with Gasteiger partial charge >= 0.3 is 0 Å². The van der Waals surface area contributed by atoms with Crippen molar-refractivity contribution in [3.8, 4) is 5.75 Å². The van der Waals surface area contributed by atoms with Crippen molar-refractivity contribution in [3.63, 3.8) is 0 Å². The molecule has 0 unspecified atom stereocenters. The summed E-state index contributed by atoms with van der Waals surface area (Å²) in [5.74, 6) is 2.25. The summed E-state index contributed by atoms with van der Waals surface area (Å²) in [6.45, 7) is 1.41. The van der Waals surface area contributed by atoms with Gasteiger partial charge in [-0.3, -0.25) is 4.79 Å². The Morgan fingerprint density at radius 3 is 3.28 bits per heavy atom. The highest BCUT2D eigenvalue weighted by Crippen LogP contribution is 2.27. The van der Waals surface area contributed by atoms with Crippen molar-refractivity contribution in [1.82, 2.24) is 0 Å². The van der Waals surface area contributed by atoms with Crippen LogP contribution in [0.4, 0.5) is 5.69 Å². The molecule has 0 aliphatic carbocycles. The van der Waals surface area contributed by atoms with Crippen LogP contribution in [-0.4, -0.2) is 37.7 Å². The van der Waals surface area contributed by atoms with Gasteiger partial charge in [0, 0.05) is 25.0 Å². The Labute approximate surface area is 111 Å². The van der Waals surface area contributed by atoms with E-state index in [1.807, 2.05) is 18.2 Å². The summed E-state index contributed by atoms with van der Waals surface area (Å²) in [6.07, 6.45) is 0.918. The smallest absolute Gasteiger partial charge is 0.234 e. The van der Waals surface area contributed by atoms with Crippen molar-refractivity contribution < 1.29 is 14.3 Å². The first-order valence-electron chi connectivity index (χ1n) is 5.92. The number of hydrogen-bond donors (Lipinski definition) is 1. The zero-order valence-corrected chi connectivity index (χ0v) is 11.2. The van der Waals surface area contributed by atoms with E-state index in [9.17, 15) is 4.79 Å². The first-order chi connectivity index (χ1) is 8.79. The molecule has 4 nitrogen and oxygen atoms in total. The predicted molar refractivity (Wildman–Crippen MR) is 73.5 cm³/mol. The lowest BCUT2D eigenvalue weighted by Crippen LogP contribution is -2.14. The number of amides is 1. The SMILES string of the molecule is COCCSCC(=O)Nc1ccc2c(c1)CCO2. The summed E-state index contributed by atoms with van der Waals surface area (Å²) in [7, 11) is 1.66. The van der Waals surface area contributed by atoms with E-state index >= 15 is 0 Å². The number of carbonyl (C=O) groups excluding carboxylic acids is 1. The van der Waals surface area contributed by atoms with Crippen molar-refractivity contribution in [2.45, 2.75) is 6.42 Å². The maximum Gasteiger partial charge on any atom is 0.234 e. The lowest BCUT2D eigenvalue weighted by atomic mass is 10.1. The van der Waals surface area contributed by atoms with Crippen LogP contribution in [0.3, 0.4) is 0 Å². The average molecular weight is 267 g/mol. The third kappa shape index (κ3) is 3.65. The molecule has 1 aromatic carbocycles. The second-order valence-corrected chi connectivity index (χ2v) is 5.12. The standard InChI is InChI=1S/C13H17NO3S/c1-16-6-7-18-9-13(15)14-11-2-3-12-10(8-11)4-5-17-12/h2-3,8H,4-7,9H2,1H3,(H,14,15). The molecule has 98 valence electrons. The van der Waals surface area contributed by atoms with Gasteiger partial charge in [-0.05, 0) is 23.8 Å². The molecular formula is C13H17NO3S. The number of hydrogen-bond acceptors (Lipinski definition) is 4. The first kappa shape index (κ1) is 13.2. The van der Waals surface area contributed by atoms with Crippen molar-refractivity contribution >= 4 is 23.4 Å². The fraction of sp³-hybridized carbons (Fsp3) is 0.462. The number of fused-ring (bicyclic) bond motifs is 1. The summed E-state index contributed by atoms with van der Waals surface area (Å²) in [5.41, 5.74) is 2.01. The number of nitrogens with one attached hydrogen (secondary N) is 1. The third-order valence-electron chi connectivity index (χ3n) is 2.64. The van der Waals surface area contributed by atoms with Gasteiger partial charge in [0.05, 0.1) is 19.0 Å². The lowest BCUT2D eigenvalue weighted by molar-refractivity contribution is -0.113. The molecule has 1 aliphatic rings. The average Bonchev–Trinajstić information content (AvgIpc) is 2.82. The molecule has 0 atom stereocenters. The van der Waals surface area contributed by atoms with Gasteiger partial charge in [0.15, 0.2) is 0 Å². The Balaban J connectivity index is 1.80. The van der Waals surface area contributed by atoms with Crippen molar-refractivity contribution in [1.29, 1.82) is 0 Å². The maximum atomic E-state index is 11.7. The predicted octanol–water partition coefficient (Wildman–Crippen LogP) is 1.94. The molecule has 1 amide bonds. The van der Waals surface area contributed by atoms with E-state index in [1.165, 1.54) is 5.56 Å². The highest BCUT2D eigenvalue weighted by Gasteiger charge is 2.12. The van der Waals surface area contributed by atoms with Crippen LogP contribution in [0.2, 0.25) is 0 Å². The molecule has 0 saturated heterocycles. The number of methoxy groups -OCH3 is 1. The molecule has 18 heavy (non-hydrogen) atoms. The zero-order chi connectivity index (χ0) is 12.8. The molecule has 0 radical (unpaired) electrons. The summed E-state index contributed by atoms with van der Waals surface area (Å²) in [6, 6.07) is 5.78. The number of benzene rings is 1. The van der Waals surface area contributed by atoms with E-state index < -0.39 is 0 Å². The second-order valence-electron chi connectivity index (χ2n) is 4.01. The van der Waals surface area contributed by atoms with Gasteiger partial charge in [-0.25, -0.2) is 0 Å². The molecule has 0 fully saturated rings. The van der Waals surface area contributed by atoms with Crippen LogP contribution in [0.5, 0.6) is 5.75 Å². The number of ether oxygens (including phenoxy) is 2. The number of thioether (sulfide) groups is 1. The van der Waals surface area contributed by atoms with E-state index in [2.05, 4.69) is 5.32 Å². The topological polar surface area (TPSA) is 47.6 Å². The fourth-order valence-electron chi connectivity index (χ4n) is 1.77. The van der Waals surface area contributed by atoms with E-state index in [0.717, 1.165) is 30.2 Å². The van der Waals surface area contributed by atoms with Gasteiger partial charge in [0.1, 0.15) is 5.75 Å². The van der Waals surface area contributed by atoms with Crippen LogP contribution >= 0.6 is 11.8 Å². The second kappa shape index (κ2) is 6.66. The Kier molecular flexibility index (Phi) is 4.90. The summed E-state index contributed by atoms with van der Waals surface area (Å²) < 4.78 is 10.3. The molecule has 0 spiro atoms. The largest absolute Gasteiger partial charge is 0.493 e. The molecule has 1 aromatic rings. The van der Waals surface area contributed by atoms with Crippen molar-refractivity contribution in [2.24, 2.45) is 0 Å². The Bertz CT molecular complexity index is 423. The van der Waals surface area contributed by atoms with Gasteiger partial charge in [-0.2, -0.15) is 0 Å². The Hall–Kier alpha value is -1.20. The monoisotopic (exact) mass is 267 g/mol. The number of rotatable bonds is 6. The highest BCUT2D eigenvalue weighted by atomic mass is 32.2. The van der Waals surface area contributed by atoms with Gasteiger partial charge in [0.25, 0.3) is 0 Å². The molecule has 1 aliphatic heterocycles. The summed E-state index contributed by atoms with van der Waals surface area (Å²) in [4.78, 5) is 11.7. The van der Waals surface area contributed by atoms with Crippen LogP contribution in [0, 0.1) is 0 Å². The van der Waals surface area contributed by atoms with E-state index in [0.29, 0.717) is 12.4 Å².